The zero-order valence-electron chi connectivity index (χ0n) is 22.1. The predicted molar refractivity (Wildman–Crippen MR) is 142 cm³/mol. The van der Waals surface area contributed by atoms with Crippen molar-refractivity contribution in [2.45, 2.75) is 92.7 Å². The Morgan fingerprint density at radius 1 is 1.18 bits per heavy atom. The smallest absolute Gasteiger partial charge is 0.251 e. The highest BCUT2D eigenvalue weighted by atomic mass is 35.5. The first-order chi connectivity index (χ1) is 15.9. The molecule has 6 heteroatoms. The maximum absolute atomic E-state index is 13.2. The second-order valence-electron chi connectivity index (χ2n) is 11.7. The van der Waals surface area contributed by atoms with Crippen molar-refractivity contribution < 1.29 is 9.59 Å². The van der Waals surface area contributed by atoms with Gasteiger partial charge < -0.3 is 15.5 Å². The SMILES string of the molecule is CCN(c1cc(Cl)cc(C(=O)NCC2C(=O)NC(C)CC2C)c1C)C1CCC(C(C)(C)C)CC1. The molecule has 5 nitrogen and oxygen atoms in total. The van der Waals surface area contributed by atoms with Crippen molar-refractivity contribution in [1.82, 2.24) is 10.6 Å². The van der Waals surface area contributed by atoms with Gasteiger partial charge in [-0.05, 0) is 87.8 Å². The largest absolute Gasteiger partial charge is 0.369 e. The number of anilines is 1. The van der Waals surface area contributed by atoms with Gasteiger partial charge in [0.2, 0.25) is 5.91 Å². The van der Waals surface area contributed by atoms with E-state index in [-0.39, 0.29) is 29.7 Å². The Labute approximate surface area is 211 Å². The molecule has 34 heavy (non-hydrogen) atoms. The van der Waals surface area contributed by atoms with Crippen LogP contribution in [0.25, 0.3) is 0 Å². The molecule has 190 valence electrons. The van der Waals surface area contributed by atoms with Gasteiger partial charge >= 0.3 is 0 Å². The van der Waals surface area contributed by atoms with E-state index in [0.29, 0.717) is 28.6 Å². The third kappa shape index (κ3) is 6.08. The highest BCUT2D eigenvalue weighted by Gasteiger charge is 2.34. The summed E-state index contributed by atoms with van der Waals surface area (Å²) >= 11 is 6.53. The number of nitrogens with one attached hydrogen (secondary N) is 2. The molecule has 3 rings (SSSR count). The van der Waals surface area contributed by atoms with E-state index >= 15 is 0 Å². The normalized spacial score (nSPS) is 27.8. The highest BCUT2D eigenvalue weighted by molar-refractivity contribution is 6.31. The molecule has 3 unspecified atom stereocenters. The van der Waals surface area contributed by atoms with Gasteiger partial charge in [-0.15, -0.1) is 0 Å². The monoisotopic (exact) mass is 489 g/mol. The minimum atomic E-state index is -0.204. The number of hydrogen-bond donors (Lipinski definition) is 2. The number of benzene rings is 1. The molecule has 0 radical (unpaired) electrons. The standard InChI is InChI=1S/C28H44ClN3O2/c1-8-32(22-11-9-20(10-12-22)28(5,6)7)25-15-21(29)14-23(19(25)4)26(33)30-16-24-17(2)13-18(3)31-27(24)34/h14-15,17-18,20,22,24H,8-13,16H2,1-7H3,(H,30,33)(H,31,34). The van der Waals surface area contributed by atoms with E-state index in [9.17, 15) is 9.59 Å². The number of rotatable bonds is 6. The molecule has 2 fully saturated rings. The quantitative estimate of drug-likeness (QED) is 0.517. The van der Waals surface area contributed by atoms with E-state index in [2.05, 4.69) is 50.2 Å². The molecule has 0 spiro atoms. The molecule has 2 amide bonds. The minimum Gasteiger partial charge on any atom is -0.369 e. The molecule has 1 aliphatic heterocycles. The first kappa shape index (κ1) is 26.8. The molecule has 2 N–H and O–H groups in total. The van der Waals surface area contributed by atoms with Crippen molar-refractivity contribution in [3.8, 4) is 0 Å². The Hall–Kier alpha value is -1.75. The summed E-state index contributed by atoms with van der Waals surface area (Å²) in [5, 5.41) is 6.60. The highest BCUT2D eigenvalue weighted by Crippen LogP contribution is 2.41. The summed E-state index contributed by atoms with van der Waals surface area (Å²) < 4.78 is 0. The summed E-state index contributed by atoms with van der Waals surface area (Å²) in [5.41, 5.74) is 2.96. The summed E-state index contributed by atoms with van der Waals surface area (Å²) in [6, 6.07) is 4.41. The van der Waals surface area contributed by atoms with E-state index in [0.717, 1.165) is 43.0 Å². The maximum Gasteiger partial charge on any atom is 0.251 e. The van der Waals surface area contributed by atoms with Gasteiger partial charge in [-0.3, -0.25) is 9.59 Å². The molecule has 1 saturated heterocycles. The van der Waals surface area contributed by atoms with Crippen LogP contribution in [0.15, 0.2) is 12.1 Å². The van der Waals surface area contributed by atoms with Crippen molar-refractivity contribution in [2.24, 2.45) is 23.2 Å². The van der Waals surface area contributed by atoms with Gasteiger partial charge in [-0.25, -0.2) is 0 Å². The minimum absolute atomic E-state index is 0.0260. The first-order valence-electron chi connectivity index (χ1n) is 13.1. The summed E-state index contributed by atoms with van der Waals surface area (Å²) in [7, 11) is 0. The fourth-order valence-corrected chi connectivity index (χ4v) is 6.27. The van der Waals surface area contributed by atoms with E-state index in [1.165, 1.54) is 12.8 Å². The predicted octanol–water partition coefficient (Wildman–Crippen LogP) is 5.97. The van der Waals surface area contributed by atoms with Gasteiger partial charge in [0.1, 0.15) is 0 Å². The molecule has 1 aromatic carbocycles. The molecule has 2 aliphatic rings. The number of piperidine rings is 1. The van der Waals surface area contributed by atoms with Crippen molar-refractivity contribution >= 4 is 29.1 Å². The van der Waals surface area contributed by atoms with Crippen molar-refractivity contribution in [1.29, 1.82) is 0 Å². The Morgan fingerprint density at radius 3 is 2.38 bits per heavy atom. The average molecular weight is 490 g/mol. The van der Waals surface area contributed by atoms with Gasteiger partial charge in [-0.1, -0.05) is 39.3 Å². The van der Waals surface area contributed by atoms with Gasteiger partial charge in [-0.2, -0.15) is 0 Å². The van der Waals surface area contributed by atoms with Crippen LogP contribution < -0.4 is 15.5 Å². The van der Waals surface area contributed by atoms with E-state index in [1.54, 1.807) is 6.07 Å². The Kier molecular flexibility index (Phi) is 8.60. The Bertz CT molecular complexity index is 886. The van der Waals surface area contributed by atoms with Crippen LogP contribution in [-0.4, -0.2) is 37.0 Å². The molecule has 1 aliphatic carbocycles. The number of halogens is 1. The molecule has 1 aromatic rings. The molecule has 3 atom stereocenters. The molecular formula is C28H44ClN3O2. The number of nitrogens with zero attached hydrogens (tertiary/aromatic N) is 1. The van der Waals surface area contributed by atoms with Crippen LogP contribution in [0.5, 0.6) is 0 Å². The molecule has 0 bridgehead atoms. The van der Waals surface area contributed by atoms with Crippen LogP contribution in [0, 0.1) is 30.1 Å². The van der Waals surface area contributed by atoms with Crippen LogP contribution in [0.1, 0.15) is 89.6 Å². The lowest BCUT2D eigenvalue weighted by atomic mass is 9.71. The third-order valence-electron chi connectivity index (χ3n) is 8.22. The van der Waals surface area contributed by atoms with E-state index in [1.807, 2.05) is 19.9 Å². The van der Waals surface area contributed by atoms with Gasteiger partial charge in [0.05, 0.1) is 5.92 Å². The molecule has 1 heterocycles. The fraction of sp³-hybridized carbons (Fsp3) is 0.714. The lowest BCUT2D eigenvalue weighted by molar-refractivity contribution is -0.129. The van der Waals surface area contributed by atoms with Crippen LogP contribution in [0.2, 0.25) is 5.02 Å². The zero-order valence-corrected chi connectivity index (χ0v) is 22.9. The van der Waals surface area contributed by atoms with Crippen molar-refractivity contribution in [3.05, 3.63) is 28.3 Å². The van der Waals surface area contributed by atoms with Crippen LogP contribution in [0.3, 0.4) is 0 Å². The average Bonchev–Trinajstić information content (AvgIpc) is 2.75. The second kappa shape index (κ2) is 10.9. The molecule has 0 aromatic heterocycles. The van der Waals surface area contributed by atoms with Gasteiger partial charge in [0, 0.05) is 41.4 Å². The number of carbonyl (C=O) groups is 2. The first-order valence-corrected chi connectivity index (χ1v) is 13.5. The number of amides is 2. The van der Waals surface area contributed by atoms with Crippen LogP contribution in [-0.2, 0) is 4.79 Å². The topological polar surface area (TPSA) is 61.4 Å². The summed E-state index contributed by atoms with van der Waals surface area (Å²) in [6.45, 7) is 16.6. The van der Waals surface area contributed by atoms with Crippen LogP contribution >= 0.6 is 11.6 Å². The summed E-state index contributed by atoms with van der Waals surface area (Å²) in [4.78, 5) is 28.1. The number of hydrogen-bond acceptors (Lipinski definition) is 3. The Balaban J connectivity index is 1.74. The maximum atomic E-state index is 13.2. The van der Waals surface area contributed by atoms with E-state index < -0.39 is 0 Å². The van der Waals surface area contributed by atoms with Crippen LogP contribution in [0.4, 0.5) is 5.69 Å². The van der Waals surface area contributed by atoms with Gasteiger partial charge in [0.15, 0.2) is 0 Å². The zero-order chi connectivity index (χ0) is 25.2. The lowest BCUT2D eigenvalue weighted by Crippen LogP contribution is -2.50. The third-order valence-corrected chi connectivity index (χ3v) is 8.44. The molecular weight excluding hydrogens is 446 g/mol. The molecule has 1 saturated carbocycles. The lowest BCUT2D eigenvalue weighted by Gasteiger charge is -2.42. The Morgan fingerprint density at radius 2 is 1.82 bits per heavy atom. The van der Waals surface area contributed by atoms with E-state index in [4.69, 9.17) is 11.6 Å². The number of carbonyl (C=O) groups excluding carboxylic acids is 2. The fourth-order valence-electron chi connectivity index (χ4n) is 6.06. The summed E-state index contributed by atoms with van der Waals surface area (Å²) in [5.74, 6) is 0.653. The second-order valence-corrected chi connectivity index (χ2v) is 12.1. The van der Waals surface area contributed by atoms with Gasteiger partial charge in [0.25, 0.3) is 5.91 Å². The van der Waals surface area contributed by atoms with Crippen molar-refractivity contribution in [2.75, 3.05) is 18.0 Å². The van der Waals surface area contributed by atoms with Crippen molar-refractivity contribution in [3.63, 3.8) is 0 Å². The summed E-state index contributed by atoms with van der Waals surface area (Å²) in [6.07, 6.45) is 5.72.